The first kappa shape index (κ1) is 29.2. The first-order valence-electron chi connectivity index (χ1n) is 12.9. The predicted octanol–water partition coefficient (Wildman–Crippen LogP) is 4.58. The molecular formula is C27H24F6N4O5. The van der Waals surface area contributed by atoms with E-state index in [-0.39, 0.29) is 45.1 Å². The molecule has 5 amide bonds. The fraction of sp³-hybridized carbons (Fsp3) is 0.407. The third-order valence-electron chi connectivity index (χ3n) is 7.70. The molecule has 2 aromatic rings. The fourth-order valence-corrected chi connectivity index (χ4v) is 5.56. The lowest BCUT2D eigenvalue weighted by atomic mass is 9.84. The zero-order valence-corrected chi connectivity index (χ0v) is 22.0. The van der Waals surface area contributed by atoms with Gasteiger partial charge in [0.25, 0.3) is 11.8 Å². The summed E-state index contributed by atoms with van der Waals surface area (Å²) in [5.74, 6) is -1.68. The summed E-state index contributed by atoms with van der Waals surface area (Å²) < 4.78 is 85.3. The quantitative estimate of drug-likeness (QED) is 0.411. The minimum atomic E-state index is -5.13. The highest BCUT2D eigenvalue weighted by Crippen LogP contribution is 2.43. The van der Waals surface area contributed by atoms with Gasteiger partial charge in [0.1, 0.15) is 11.6 Å². The molecule has 0 aromatic heterocycles. The van der Waals surface area contributed by atoms with Gasteiger partial charge >= 0.3 is 24.5 Å². The summed E-state index contributed by atoms with van der Waals surface area (Å²) in [7, 11) is 0. The molecule has 42 heavy (non-hydrogen) atoms. The predicted molar refractivity (Wildman–Crippen MR) is 133 cm³/mol. The van der Waals surface area contributed by atoms with E-state index >= 15 is 0 Å². The number of urea groups is 1. The van der Waals surface area contributed by atoms with Gasteiger partial charge in [-0.15, -0.1) is 0 Å². The number of para-hydroxylation sites is 1. The van der Waals surface area contributed by atoms with Crippen molar-refractivity contribution in [2.45, 2.75) is 43.8 Å². The van der Waals surface area contributed by atoms with E-state index < -0.39 is 64.6 Å². The molecule has 2 aromatic carbocycles. The Labute approximate surface area is 235 Å². The number of imide groups is 1. The lowest BCUT2D eigenvalue weighted by Crippen LogP contribution is -2.58. The van der Waals surface area contributed by atoms with Crippen molar-refractivity contribution in [3.8, 4) is 0 Å². The molecule has 0 aliphatic carbocycles. The number of ether oxygens (including phenoxy) is 1. The Morgan fingerprint density at radius 1 is 0.976 bits per heavy atom. The molecule has 3 heterocycles. The Hall–Kier alpha value is -4.30. The number of alkyl carbamates (subject to hydrolysis) is 1. The minimum Gasteiger partial charge on any atom is -0.442 e. The van der Waals surface area contributed by atoms with Gasteiger partial charge in [0.05, 0.1) is 24.2 Å². The van der Waals surface area contributed by atoms with Crippen LogP contribution in [0, 0.1) is 6.92 Å². The van der Waals surface area contributed by atoms with Gasteiger partial charge in [0, 0.05) is 24.3 Å². The van der Waals surface area contributed by atoms with Crippen LogP contribution in [0.3, 0.4) is 0 Å². The summed E-state index contributed by atoms with van der Waals surface area (Å²) in [5, 5.41) is 2.45. The van der Waals surface area contributed by atoms with Crippen LogP contribution in [0.2, 0.25) is 0 Å². The van der Waals surface area contributed by atoms with Crippen LogP contribution in [0.25, 0.3) is 0 Å². The van der Waals surface area contributed by atoms with E-state index in [0.29, 0.717) is 23.4 Å². The molecule has 5 rings (SSSR count). The van der Waals surface area contributed by atoms with Crippen molar-refractivity contribution in [3.05, 3.63) is 64.7 Å². The maximum atomic E-state index is 13.9. The second-order valence-electron chi connectivity index (χ2n) is 10.3. The largest absolute Gasteiger partial charge is 0.442 e. The molecule has 1 atom stereocenters. The van der Waals surface area contributed by atoms with E-state index in [1.54, 1.807) is 31.2 Å². The summed E-state index contributed by atoms with van der Waals surface area (Å²) in [4.78, 5) is 55.6. The topological polar surface area (TPSA) is 99.3 Å². The Balaban J connectivity index is 1.44. The molecule has 1 unspecified atom stereocenters. The van der Waals surface area contributed by atoms with Crippen LogP contribution >= 0.6 is 0 Å². The number of carbonyl (C=O) groups is 4. The van der Waals surface area contributed by atoms with Gasteiger partial charge in [-0.1, -0.05) is 18.2 Å². The third-order valence-corrected chi connectivity index (χ3v) is 7.70. The summed E-state index contributed by atoms with van der Waals surface area (Å²) in [5.41, 5.74) is -4.43. The van der Waals surface area contributed by atoms with Gasteiger partial charge in [0.15, 0.2) is 0 Å². The zero-order chi connectivity index (χ0) is 30.6. The van der Waals surface area contributed by atoms with Gasteiger partial charge in [0.2, 0.25) is 0 Å². The summed E-state index contributed by atoms with van der Waals surface area (Å²) in [6.45, 7) is 1.12. The maximum absolute atomic E-state index is 13.9. The second-order valence-corrected chi connectivity index (χ2v) is 10.3. The number of carbonyl (C=O) groups excluding carboxylic acids is 4. The number of rotatable bonds is 4. The average molecular weight is 599 g/mol. The van der Waals surface area contributed by atoms with Crippen LogP contribution in [0.1, 0.15) is 39.9 Å². The molecule has 3 fully saturated rings. The van der Waals surface area contributed by atoms with E-state index in [1.807, 2.05) is 0 Å². The van der Waals surface area contributed by atoms with E-state index in [1.165, 1.54) is 4.90 Å². The number of alkyl halides is 6. The Kier molecular flexibility index (Phi) is 7.10. The van der Waals surface area contributed by atoms with Crippen LogP contribution in [-0.4, -0.2) is 71.6 Å². The van der Waals surface area contributed by atoms with Crippen LogP contribution in [0.5, 0.6) is 0 Å². The number of nitrogens with one attached hydrogen (secondary N) is 1. The Morgan fingerprint density at radius 3 is 2.10 bits per heavy atom. The van der Waals surface area contributed by atoms with E-state index in [9.17, 15) is 45.5 Å². The molecular weight excluding hydrogens is 574 g/mol. The summed E-state index contributed by atoms with van der Waals surface area (Å²) in [6.07, 6.45) is -12.0. The number of amides is 5. The highest BCUT2D eigenvalue weighted by molar-refractivity contribution is 6.17. The molecule has 9 nitrogen and oxygen atoms in total. The average Bonchev–Trinajstić information content (AvgIpc) is 3.42. The first-order chi connectivity index (χ1) is 19.6. The number of hydrogen-bond acceptors (Lipinski definition) is 5. The lowest BCUT2D eigenvalue weighted by molar-refractivity contribution is -0.143. The van der Waals surface area contributed by atoms with E-state index in [4.69, 9.17) is 4.74 Å². The molecule has 3 aliphatic heterocycles. The van der Waals surface area contributed by atoms with Crippen molar-refractivity contribution < 1.29 is 50.3 Å². The second kappa shape index (κ2) is 10.2. The molecule has 0 radical (unpaired) electrons. The molecule has 0 bridgehead atoms. The van der Waals surface area contributed by atoms with E-state index in [0.717, 1.165) is 9.80 Å². The first-order valence-corrected chi connectivity index (χ1v) is 12.9. The molecule has 0 saturated carbocycles. The molecule has 15 heteroatoms. The Bertz CT molecular complexity index is 1420. The van der Waals surface area contributed by atoms with Crippen LogP contribution in [-0.2, 0) is 21.9 Å². The van der Waals surface area contributed by atoms with Crippen molar-refractivity contribution in [2.75, 3.05) is 31.1 Å². The van der Waals surface area contributed by atoms with Crippen LogP contribution < -0.4 is 10.2 Å². The van der Waals surface area contributed by atoms with Gasteiger partial charge in [-0.05, 0) is 49.6 Å². The number of anilines is 1. The number of likely N-dealkylation sites (tertiary alicyclic amines) is 1. The number of hydrogen-bond donors (Lipinski definition) is 1. The molecule has 1 N–H and O–H groups in total. The van der Waals surface area contributed by atoms with Crippen molar-refractivity contribution in [1.29, 1.82) is 0 Å². The monoisotopic (exact) mass is 598 g/mol. The van der Waals surface area contributed by atoms with Crippen molar-refractivity contribution in [2.24, 2.45) is 0 Å². The number of cyclic esters (lactones) is 1. The van der Waals surface area contributed by atoms with Gasteiger partial charge in [-0.25, -0.2) is 9.59 Å². The number of piperidine rings is 1. The molecule has 1 spiro atoms. The SMILES string of the molecule is Cc1ccccc1N1C(=O)N(CC2CNC(=O)O2)C(=O)C12CCN(C(=O)c1cc(C(F)(F)F)cc(C(F)(F)F)c1)CC2. The Morgan fingerprint density at radius 2 is 1.57 bits per heavy atom. The summed E-state index contributed by atoms with van der Waals surface area (Å²) >= 11 is 0. The third kappa shape index (κ3) is 5.11. The highest BCUT2D eigenvalue weighted by atomic mass is 19.4. The van der Waals surface area contributed by atoms with Crippen LogP contribution in [0.4, 0.5) is 41.6 Å². The van der Waals surface area contributed by atoms with Gasteiger partial charge in [-0.2, -0.15) is 26.3 Å². The number of benzene rings is 2. The van der Waals surface area contributed by atoms with Gasteiger partial charge in [-0.3, -0.25) is 19.4 Å². The van der Waals surface area contributed by atoms with Crippen molar-refractivity contribution in [3.63, 3.8) is 0 Å². The number of nitrogens with zero attached hydrogens (tertiary/aromatic N) is 3. The minimum absolute atomic E-state index is 0.0589. The van der Waals surface area contributed by atoms with Crippen molar-refractivity contribution in [1.82, 2.24) is 15.1 Å². The maximum Gasteiger partial charge on any atom is 0.416 e. The highest BCUT2D eigenvalue weighted by Gasteiger charge is 2.59. The standard InChI is InChI=1S/C27H24F6N4O5/c1-15-4-2-3-5-20(15)37-24(41)36(14-19-13-34-23(40)42-19)22(39)25(37)6-8-35(9-7-25)21(38)16-10-17(26(28,29)30)12-18(11-16)27(31,32)33/h2-5,10-12,19H,6-9,13-14H2,1H3,(H,34,40). The zero-order valence-electron chi connectivity index (χ0n) is 22.0. The number of halogens is 6. The normalized spacial score (nSPS) is 20.8. The molecule has 3 aliphatic rings. The smallest absolute Gasteiger partial charge is 0.416 e. The molecule has 3 saturated heterocycles. The summed E-state index contributed by atoms with van der Waals surface area (Å²) in [6, 6.07) is 6.78. The lowest BCUT2D eigenvalue weighted by Gasteiger charge is -2.42. The van der Waals surface area contributed by atoms with Crippen LogP contribution in [0.15, 0.2) is 42.5 Å². The van der Waals surface area contributed by atoms with Crippen molar-refractivity contribution >= 4 is 29.6 Å². The molecule has 224 valence electrons. The number of aryl methyl sites for hydroxylation is 1. The fourth-order valence-electron chi connectivity index (χ4n) is 5.56. The van der Waals surface area contributed by atoms with E-state index in [2.05, 4.69) is 5.32 Å². The van der Waals surface area contributed by atoms with Gasteiger partial charge < -0.3 is 15.0 Å².